The number of benzene rings is 4. The van der Waals surface area contributed by atoms with Crippen molar-refractivity contribution in [1.29, 1.82) is 0 Å². The topological polar surface area (TPSA) is 60.4 Å². The summed E-state index contributed by atoms with van der Waals surface area (Å²) in [7, 11) is 0. The molecular formula is C36H37ClF2INO5. The van der Waals surface area contributed by atoms with Gasteiger partial charge in [-0.25, -0.2) is 8.78 Å². The van der Waals surface area contributed by atoms with Gasteiger partial charge in [-0.1, -0.05) is 41.9 Å². The Hall–Kier alpha value is -2.96. The third-order valence-electron chi connectivity index (χ3n) is 8.24. The summed E-state index contributed by atoms with van der Waals surface area (Å²) in [6, 6.07) is 18.6. The van der Waals surface area contributed by atoms with Crippen LogP contribution in [0.2, 0.25) is 5.02 Å². The van der Waals surface area contributed by atoms with Crippen molar-refractivity contribution in [3.05, 3.63) is 111 Å². The fourth-order valence-corrected chi connectivity index (χ4v) is 6.35. The van der Waals surface area contributed by atoms with E-state index < -0.39 is 11.6 Å². The molecule has 0 spiro atoms. The van der Waals surface area contributed by atoms with E-state index in [0.717, 1.165) is 72.1 Å². The van der Waals surface area contributed by atoms with Crippen LogP contribution in [0, 0.1) is 25.5 Å². The van der Waals surface area contributed by atoms with Gasteiger partial charge in [0.1, 0.15) is 65.1 Å². The molecule has 4 aromatic rings. The first-order chi connectivity index (χ1) is 22.2. The normalized spacial score (nSPS) is 14.9. The average Bonchev–Trinajstić information content (AvgIpc) is 3.51. The number of nitrogens with zero attached hydrogens (tertiary/aromatic N) is 1. The molecule has 0 radical (unpaired) electrons. The second-order valence-electron chi connectivity index (χ2n) is 11.4. The first-order valence-corrected chi connectivity index (χ1v) is 16.5. The molecule has 1 heterocycles. The Morgan fingerprint density at radius 2 is 1.57 bits per heavy atom. The van der Waals surface area contributed by atoms with Gasteiger partial charge in [0.25, 0.3) is 0 Å². The third-order valence-corrected chi connectivity index (χ3v) is 9.25. The molecule has 6 nitrogen and oxygen atoms in total. The maximum absolute atomic E-state index is 13.6. The summed E-state index contributed by atoms with van der Waals surface area (Å²) in [6.07, 6.45) is 2.35. The molecule has 1 atom stereocenters. The molecule has 1 aliphatic rings. The van der Waals surface area contributed by atoms with E-state index in [1.54, 1.807) is 12.1 Å². The Morgan fingerprint density at radius 1 is 0.848 bits per heavy atom. The van der Waals surface area contributed by atoms with Crippen LogP contribution in [-0.4, -0.2) is 42.4 Å². The predicted molar refractivity (Wildman–Crippen MR) is 184 cm³/mol. The Kier molecular flexibility index (Phi) is 12.1. The molecule has 0 unspecified atom stereocenters. The smallest absolute Gasteiger partial charge is 0.142 e. The summed E-state index contributed by atoms with van der Waals surface area (Å²) in [6.45, 7) is 7.63. The van der Waals surface area contributed by atoms with E-state index in [9.17, 15) is 13.9 Å². The number of halogens is 4. The van der Waals surface area contributed by atoms with E-state index in [-0.39, 0.29) is 19.8 Å². The van der Waals surface area contributed by atoms with Gasteiger partial charge in [-0.05, 0) is 84.3 Å². The molecule has 1 fully saturated rings. The second-order valence-corrected chi connectivity index (χ2v) is 12.3. The molecule has 0 amide bonds. The molecule has 0 aromatic heterocycles. The van der Waals surface area contributed by atoms with Crippen molar-refractivity contribution < 1.29 is 31.2 Å². The summed E-state index contributed by atoms with van der Waals surface area (Å²) in [4.78, 5) is 2.42. The van der Waals surface area contributed by atoms with Gasteiger partial charge in [0.15, 0.2) is 0 Å². The lowest BCUT2D eigenvalue weighted by atomic mass is 9.93. The summed E-state index contributed by atoms with van der Waals surface area (Å²) >= 11 is 8.49. The van der Waals surface area contributed by atoms with Crippen molar-refractivity contribution in [2.24, 2.45) is 0 Å². The van der Waals surface area contributed by atoms with Crippen molar-refractivity contribution in [2.75, 3.05) is 26.2 Å². The SMILES string of the molecule is Cc1c(COc2cc(OCc3cc(F)cc(F)c3)c(CO)cc2Cl)cccc1-c1cccc(OCCCN2CC[C@@H](OI)C2)c1C. The van der Waals surface area contributed by atoms with Crippen molar-refractivity contribution in [3.8, 4) is 28.4 Å². The number of ether oxygens (including phenoxy) is 3. The summed E-state index contributed by atoms with van der Waals surface area (Å²) in [5.41, 5.74) is 6.04. The Bertz CT molecular complexity index is 1640. The quantitative estimate of drug-likeness (QED) is 0.102. The lowest BCUT2D eigenvalue weighted by molar-refractivity contribution is 0.237. The van der Waals surface area contributed by atoms with Crippen molar-refractivity contribution in [3.63, 3.8) is 0 Å². The van der Waals surface area contributed by atoms with E-state index >= 15 is 0 Å². The minimum absolute atomic E-state index is 0.0982. The highest BCUT2D eigenvalue weighted by molar-refractivity contribution is 14.1. The highest BCUT2D eigenvalue weighted by atomic mass is 127. The first kappa shape index (κ1) is 34.4. The summed E-state index contributed by atoms with van der Waals surface area (Å²) in [5, 5.41) is 10.2. The molecular weight excluding hydrogens is 727 g/mol. The van der Waals surface area contributed by atoms with Crippen molar-refractivity contribution >= 4 is 34.6 Å². The molecule has 1 N–H and O–H groups in total. The summed E-state index contributed by atoms with van der Waals surface area (Å²) < 4.78 is 50.9. The molecule has 0 saturated carbocycles. The molecule has 4 aromatic carbocycles. The van der Waals surface area contributed by atoms with Crippen LogP contribution >= 0.6 is 34.6 Å². The summed E-state index contributed by atoms with van der Waals surface area (Å²) in [5.74, 6) is 0.160. The van der Waals surface area contributed by atoms with Crippen LogP contribution in [0.1, 0.15) is 40.7 Å². The number of hydrogen-bond acceptors (Lipinski definition) is 6. The molecule has 46 heavy (non-hydrogen) atoms. The number of aliphatic hydroxyl groups excluding tert-OH is 1. The van der Waals surface area contributed by atoms with Crippen molar-refractivity contribution in [2.45, 2.75) is 52.6 Å². The van der Waals surface area contributed by atoms with E-state index in [0.29, 0.717) is 40.4 Å². The van der Waals surface area contributed by atoms with E-state index in [1.165, 1.54) is 12.1 Å². The number of likely N-dealkylation sites (tertiary alicyclic amines) is 1. The highest BCUT2D eigenvalue weighted by Gasteiger charge is 2.22. The monoisotopic (exact) mass is 763 g/mol. The van der Waals surface area contributed by atoms with Crippen LogP contribution in [0.15, 0.2) is 66.7 Å². The maximum Gasteiger partial charge on any atom is 0.142 e. The largest absolute Gasteiger partial charge is 0.493 e. The molecule has 10 heteroatoms. The molecule has 5 rings (SSSR count). The van der Waals surface area contributed by atoms with Gasteiger partial charge in [-0.15, -0.1) is 0 Å². The van der Waals surface area contributed by atoms with Crippen LogP contribution < -0.4 is 14.2 Å². The van der Waals surface area contributed by atoms with Crippen molar-refractivity contribution in [1.82, 2.24) is 4.90 Å². The molecule has 1 saturated heterocycles. The van der Waals surface area contributed by atoms with Gasteiger partial charge in [-0.3, -0.25) is 0 Å². The van der Waals surface area contributed by atoms with Gasteiger partial charge in [0.2, 0.25) is 0 Å². The highest BCUT2D eigenvalue weighted by Crippen LogP contribution is 2.36. The predicted octanol–water partition coefficient (Wildman–Crippen LogP) is 8.76. The number of hydrogen-bond donors (Lipinski definition) is 1. The zero-order chi connectivity index (χ0) is 32.6. The van der Waals surface area contributed by atoms with Gasteiger partial charge >= 0.3 is 0 Å². The fraction of sp³-hybridized carbons (Fsp3) is 0.333. The van der Waals surface area contributed by atoms with Gasteiger partial charge in [0, 0.05) is 37.3 Å². The molecule has 1 aliphatic heterocycles. The fourth-order valence-electron chi connectivity index (χ4n) is 5.69. The van der Waals surface area contributed by atoms with E-state index in [1.807, 2.05) is 47.3 Å². The Balaban J connectivity index is 1.25. The number of rotatable bonds is 14. The molecule has 0 aliphatic carbocycles. The maximum atomic E-state index is 13.6. The average molecular weight is 764 g/mol. The second kappa shape index (κ2) is 16.2. The third kappa shape index (κ3) is 8.68. The van der Waals surface area contributed by atoms with Gasteiger partial charge < -0.3 is 27.3 Å². The van der Waals surface area contributed by atoms with Crippen LogP contribution in [0.5, 0.6) is 17.2 Å². The zero-order valence-corrected chi connectivity index (χ0v) is 28.7. The molecule has 0 bridgehead atoms. The lowest BCUT2D eigenvalue weighted by Crippen LogP contribution is -2.24. The van der Waals surface area contributed by atoms with E-state index in [2.05, 4.69) is 30.9 Å². The van der Waals surface area contributed by atoms with E-state index in [4.69, 9.17) is 28.9 Å². The zero-order valence-electron chi connectivity index (χ0n) is 25.8. The Labute approximate surface area is 287 Å². The lowest BCUT2D eigenvalue weighted by Gasteiger charge is -2.18. The first-order valence-electron chi connectivity index (χ1n) is 15.2. The van der Waals surface area contributed by atoms with Gasteiger partial charge in [0.05, 0.1) is 24.3 Å². The van der Waals surface area contributed by atoms with Crippen LogP contribution in [0.25, 0.3) is 11.1 Å². The van der Waals surface area contributed by atoms with Crippen LogP contribution in [0.4, 0.5) is 8.78 Å². The minimum Gasteiger partial charge on any atom is -0.493 e. The van der Waals surface area contributed by atoms with Crippen LogP contribution in [-0.2, 0) is 22.9 Å². The van der Waals surface area contributed by atoms with Gasteiger partial charge in [-0.2, -0.15) is 0 Å². The standard InChI is InChI=1S/C36H37ClF2INO5/c1-23-26(22-45-36-18-35(27(20-42)16-33(36)37)44-21-25-14-28(38)17-29(39)15-25)6-3-7-31(23)32-8-4-9-34(24(32)2)43-13-5-11-41-12-10-30(19-41)46-40/h3-4,6-9,14-18,30,42H,5,10-13,19-22H2,1-2H3/t30-/m1/s1. The number of aliphatic hydroxyl groups is 1. The minimum atomic E-state index is -0.692. The Morgan fingerprint density at radius 3 is 2.28 bits per heavy atom. The molecule has 244 valence electrons. The van der Waals surface area contributed by atoms with Crippen LogP contribution in [0.3, 0.4) is 0 Å².